The highest BCUT2D eigenvalue weighted by atomic mass is 16.5. The fraction of sp³-hybridized carbons (Fsp3) is 0.636. The largest absolute Gasteiger partial charge is 0.462 e. The zero-order valence-corrected chi connectivity index (χ0v) is 17.2. The second kappa shape index (κ2) is 11.0. The van der Waals surface area contributed by atoms with Gasteiger partial charge in [-0.25, -0.2) is 9.59 Å². The molecule has 0 atom stereocenters. The van der Waals surface area contributed by atoms with Crippen molar-refractivity contribution in [3.8, 4) is 0 Å². The van der Waals surface area contributed by atoms with Gasteiger partial charge in [0.1, 0.15) is 0 Å². The van der Waals surface area contributed by atoms with Gasteiger partial charge in [-0.2, -0.15) is 0 Å². The minimum atomic E-state index is -0.446. The predicted octanol–water partition coefficient (Wildman–Crippen LogP) is 5.22. The summed E-state index contributed by atoms with van der Waals surface area (Å²) in [6, 6.07) is 3.62. The number of ether oxygens (including phenoxy) is 2. The van der Waals surface area contributed by atoms with Crippen molar-refractivity contribution in [3.05, 3.63) is 34.4 Å². The molecule has 0 aliphatic heterocycles. The molecule has 0 aliphatic carbocycles. The van der Waals surface area contributed by atoms with Crippen LogP contribution in [0, 0.1) is 11.8 Å². The Balaban J connectivity index is 3.12. The van der Waals surface area contributed by atoms with Gasteiger partial charge < -0.3 is 9.47 Å². The third kappa shape index (κ3) is 6.47. The first-order valence-electron chi connectivity index (χ1n) is 9.80. The summed E-state index contributed by atoms with van der Waals surface area (Å²) in [6.45, 7) is 13.1. The SMILES string of the molecule is CCc1ccc(C(=O)OCCC(C)C)c(C(=O)OCCC(C)C)c1CC. The van der Waals surface area contributed by atoms with E-state index in [0.29, 0.717) is 42.6 Å². The number of carbonyl (C=O) groups is 2. The summed E-state index contributed by atoms with van der Waals surface area (Å²) in [6.07, 6.45) is 3.07. The first-order valence-corrected chi connectivity index (χ1v) is 9.80. The van der Waals surface area contributed by atoms with Crippen LogP contribution >= 0.6 is 0 Å². The van der Waals surface area contributed by atoms with E-state index in [0.717, 1.165) is 30.4 Å². The van der Waals surface area contributed by atoms with Crippen LogP contribution in [0.15, 0.2) is 12.1 Å². The van der Waals surface area contributed by atoms with Crippen molar-refractivity contribution >= 4 is 11.9 Å². The third-order valence-electron chi connectivity index (χ3n) is 4.43. The molecule has 4 nitrogen and oxygen atoms in total. The smallest absolute Gasteiger partial charge is 0.339 e. The van der Waals surface area contributed by atoms with Crippen LogP contribution in [0.5, 0.6) is 0 Å². The highest BCUT2D eigenvalue weighted by Crippen LogP contribution is 2.23. The minimum Gasteiger partial charge on any atom is -0.462 e. The van der Waals surface area contributed by atoms with Gasteiger partial charge in [0.15, 0.2) is 0 Å². The van der Waals surface area contributed by atoms with E-state index in [9.17, 15) is 9.59 Å². The fourth-order valence-electron chi connectivity index (χ4n) is 2.75. The lowest BCUT2D eigenvalue weighted by molar-refractivity contribution is 0.0439. The molecular formula is C22H34O4. The lowest BCUT2D eigenvalue weighted by Crippen LogP contribution is -2.19. The Labute approximate surface area is 158 Å². The molecule has 0 radical (unpaired) electrons. The van der Waals surface area contributed by atoms with Gasteiger partial charge in [-0.1, -0.05) is 47.6 Å². The first kappa shape index (κ1) is 22.2. The molecule has 0 fully saturated rings. The molecule has 0 bridgehead atoms. The minimum absolute atomic E-state index is 0.317. The normalized spacial score (nSPS) is 11.1. The predicted molar refractivity (Wildman–Crippen MR) is 105 cm³/mol. The van der Waals surface area contributed by atoms with E-state index < -0.39 is 11.9 Å². The quantitative estimate of drug-likeness (QED) is 0.536. The molecule has 0 aromatic heterocycles. The second-order valence-electron chi connectivity index (χ2n) is 7.47. The molecule has 0 saturated heterocycles. The number of esters is 2. The lowest BCUT2D eigenvalue weighted by atomic mass is 9.92. The Morgan fingerprint density at radius 1 is 0.846 bits per heavy atom. The number of rotatable bonds is 10. The number of hydrogen-bond donors (Lipinski definition) is 0. The van der Waals surface area contributed by atoms with Crippen molar-refractivity contribution in [2.24, 2.45) is 11.8 Å². The third-order valence-corrected chi connectivity index (χ3v) is 4.43. The summed E-state index contributed by atoms with van der Waals surface area (Å²) in [5.74, 6) is 0.0419. The average Bonchev–Trinajstić information content (AvgIpc) is 2.59. The van der Waals surface area contributed by atoms with Crippen molar-refractivity contribution in [1.29, 1.82) is 0 Å². The van der Waals surface area contributed by atoms with Crippen LogP contribution in [0.2, 0.25) is 0 Å². The Morgan fingerprint density at radius 3 is 1.85 bits per heavy atom. The number of carbonyl (C=O) groups excluding carboxylic acids is 2. The van der Waals surface area contributed by atoms with E-state index in [4.69, 9.17) is 9.47 Å². The maximum atomic E-state index is 12.8. The molecule has 0 saturated carbocycles. The zero-order chi connectivity index (χ0) is 19.7. The van der Waals surface area contributed by atoms with Crippen molar-refractivity contribution < 1.29 is 19.1 Å². The zero-order valence-electron chi connectivity index (χ0n) is 17.2. The van der Waals surface area contributed by atoms with Crippen molar-refractivity contribution in [2.45, 2.75) is 67.2 Å². The van der Waals surface area contributed by atoms with Crippen molar-refractivity contribution in [1.82, 2.24) is 0 Å². The second-order valence-corrected chi connectivity index (χ2v) is 7.47. The van der Waals surface area contributed by atoms with E-state index >= 15 is 0 Å². The monoisotopic (exact) mass is 362 g/mol. The first-order chi connectivity index (χ1) is 12.3. The summed E-state index contributed by atoms with van der Waals surface area (Å²) in [4.78, 5) is 25.3. The van der Waals surface area contributed by atoms with Gasteiger partial charge in [0.25, 0.3) is 0 Å². The van der Waals surface area contributed by atoms with Crippen LogP contribution < -0.4 is 0 Å². The Bertz CT molecular complexity index is 602. The summed E-state index contributed by atoms with van der Waals surface area (Å²) in [5, 5.41) is 0. The van der Waals surface area contributed by atoms with E-state index in [1.807, 2.05) is 19.9 Å². The van der Waals surface area contributed by atoms with E-state index in [1.165, 1.54) is 0 Å². The van der Waals surface area contributed by atoms with Crippen molar-refractivity contribution in [2.75, 3.05) is 13.2 Å². The fourth-order valence-corrected chi connectivity index (χ4v) is 2.75. The molecule has 26 heavy (non-hydrogen) atoms. The molecule has 146 valence electrons. The van der Waals surface area contributed by atoms with Gasteiger partial charge in [0.2, 0.25) is 0 Å². The number of benzene rings is 1. The van der Waals surface area contributed by atoms with Crippen LogP contribution in [0.1, 0.15) is 86.2 Å². The maximum absolute atomic E-state index is 12.8. The molecule has 1 rings (SSSR count). The van der Waals surface area contributed by atoms with Gasteiger partial charge in [0.05, 0.1) is 24.3 Å². The Morgan fingerprint density at radius 2 is 1.38 bits per heavy atom. The molecule has 1 aromatic rings. The van der Waals surface area contributed by atoms with Gasteiger partial charge in [-0.15, -0.1) is 0 Å². The summed E-state index contributed by atoms with van der Waals surface area (Å²) < 4.78 is 10.9. The van der Waals surface area contributed by atoms with Gasteiger partial charge >= 0.3 is 11.9 Å². The Hall–Kier alpha value is -1.84. The van der Waals surface area contributed by atoms with Gasteiger partial charge in [0, 0.05) is 0 Å². The van der Waals surface area contributed by atoms with E-state index in [-0.39, 0.29) is 0 Å². The molecule has 0 N–H and O–H groups in total. The maximum Gasteiger partial charge on any atom is 0.339 e. The molecule has 4 heteroatoms. The summed E-state index contributed by atoms with van der Waals surface area (Å²) in [5.41, 5.74) is 2.66. The molecule has 0 spiro atoms. The summed E-state index contributed by atoms with van der Waals surface area (Å²) in [7, 11) is 0. The van der Waals surface area contributed by atoms with E-state index in [2.05, 4.69) is 27.7 Å². The van der Waals surface area contributed by atoms with Crippen LogP contribution in [0.3, 0.4) is 0 Å². The van der Waals surface area contributed by atoms with Crippen LogP contribution in [-0.2, 0) is 22.3 Å². The molecule has 0 unspecified atom stereocenters. The highest BCUT2D eigenvalue weighted by Gasteiger charge is 2.24. The molecular weight excluding hydrogens is 328 g/mol. The molecule has 1 aromatic carbocycles. The van der Waals surface area contributed by atoms with Crippen LogP contribution in [0.25, 0.3) is 0 Å². The van der Waals surface area contributed by atoms with Gasteiger partial charge in [-0.3, -0.25) is 0 Å². The van der Waals surface area contributed by atoms with Crippen LogP contribution in [-0.4, -0.2) is 25.2 Å². The molecule has 0 aliphatic rings. The van der Waals surface area contributed by atoms with Crippen molar-refractivity contribution in [3.63, 3.8) is 0 Å². The van der Waals surface area contributed by atoms with E-state index in [1.54, 1.807) is 6.07 Å². The lowest BCUT2D eigenvalue weighted by Gasteiger charge is -2.17. The molecule has 0 heterocycles. The van der Waals surface area contributed by atoms with Gasteiger partial charge in [-0.05, 0) is 54.7 Å². The Kier molecular flexibility index (Phi) is 9.39. The standard InChI is InChI=1S/C22H34O4/c1-7-17-9-10-19(21(23)25-13-11-15(3)4)20(18(17)8-2)22(24)26-14-12-16(5)6/h9-10,15-16H,7-8,11-14H2,1-6H3. The average molecular weight is 363 g/mol. The number of hydrogen-bond acceptors (Lipinski definition) is 4. The highest BCUT2D eigenvalue weighted by molar-refractivity contribution is 6.04. The molecule has 0 amide bonds. The topological polar surface area (TPSA) is 52.6 Å². The number of aryl methyl sites for hydroxylation is 1. The van der Waals surface area contributed by atoms with Crippen LogP contribution in [0.4, 0.5) is 0 Å². The summed E-state index contributed by atoms with van der Waals surface area (Å²) >= 11 is 0.